The van der Waals surface area contributed by atoms with E-state index in [2.05, 4.69) is 5.32 Å². The van der Waals surface area contributed by atoms with Crippen LogP contribution in [0.2, 0.25) is 10.0 Å². The Kier molecular flexibility index (Phi) is 5.78. The maximum atomic E-state index is 12.0. The van der Waals surface area contributed by atoms with Gasteiger partial charge in [0.1, 0.15) is 5.75 Å². The largest absolute Gasteiger partial charge is 0.495 e. The van der Waals surface area contributed by atoms with Crippen LogP contribution in [0.25, 0.3) is 6.08 Å². The first kappa shape index (κ1) is 17.8. The Hall–Kier alpha value is -2.57. The van der Waals surface area contributed by atoms with Crippen LogP contribution in [-0.2, 0) is 4.79 Å². The number of nitrogens with zero attached hydrogens (tertiary/aromatic N) is 1. The van der Waals surface area contributed by atoms with E-state index in [9.17, 15) is 14.9 Å². The molecule has 0 spiro atoms. The van der Waals surface area contributed by atoms with Gasteiger partial charge in [-0.3, -0.25) is 14.9 Å². The first-order valence-corrected chi connectivity index (χ1v) is 7.43. The van der Waals surface area contributed by atoms with E-state index >= 15 is 0 Å². The highest BCUT2D eigenvalue weighted by Crippen LogP contribution is 2.29. The summed E-state index contributed by atoms with van der Waals surface area (Å²) in [5.41, 5.74) is 0.654. The van der Waals surface area contributed by atoms with E-state index in [0.29, 0.717) is 21.4 Å². The molecule has 6 nitrogen and oxygen atoms in total. The number of nitro benzene ring substituents is 1. The molecular formula is C16H12Cl2N2O4. The molecule has 8 heteroatoms. The van der Waals surface area contributed by atoms with Gasteiger partial charge in [0.2, 0.25) is 5.91 Å². The van der Waals surface area contributed by atoms with Gasteiger partial charge in [0.25, 0.3) is 5.69 Å². The Morgan fingerprint density at radius 1 is 1.25 bits per heavy atom. The first-order valence-electron chi connectivity index (χ1n) is 6.67. The maximum Gasteiger partial charge on any atom is 0.271 e. The van der Waals surface area contributed by atoms with Crippen molar-refractivity contribution in [2.45, 2.75) is 0 Å². The number of nitro groups is 1. The highest BCUT2D eigenvalue weighted by Gasteiger charge is 2.12. The quantitative estimate of drug-likeness (QED) is 0.477. The van der Waals surface area contributed by atoms with Crippen LogP contribution in [-0.4, -0.2) is 17.9 Å². The van der Waals surface area contributed by atoms with E-state index in [0.717, 1.165) is 0 Å². The lowest BCUT2D eigenvalue weighted by atomic mass is 10.2. The van der Waals surface area contributed by atoms with Crippen LogP contribution in [0, 0.1) is 10.1 Å². The van der Waals surface area contributed by atoms with Crippen LogP contribution in [0.3, 0.4) is 0 Å². The van der Waals surface area contributed by atoms with Crippen LogP contribution >= 0.6 is 23.2 Å². The molecule has 2 aromatic rings. The van der Waals surface area contributed by atoms with Crippen molar-refractivity contribution >= 4 is 46.6 Å². The summed E-state index contributed by atoms with van der Waals surface area (Å²) < 4.78 is 5.08. The number of nitrogens with one attached hydrogen (secondary N) is 1. The molecular weight excluding hydrogens is 355 g/mol. The Labute approximate surface area is 147 Å². The molecule has 0 atom stereocenters. The topological polar surface area (TPSA) is 81.5 Å². The number of amides is 1. The molecule has 2 aromatic carbocycles. The third-order valence-electron chi connectivity index (χ3n) is 3.03. The number of halogens is 2. The number of carbonyl (C=O) groups is 1. The van der Waals surface area contributed by atoms with Crippen LogP contribution in [0.15, 0.2) is 42.5 Å². The lowest BCUT2D eigenvalue weighted by Gasteiger charge is -2.08. The van der Waals surface area contributed by atoms with Gasteiger partial charge < -0.3 is 10.1 Å². The van der Waals surface area contributed by atoms with Crippen LogP contribution < -0.4 is 10.1 Å². The second-order valence-corrected chi connectivity index (χ2v) is 5.47. The lowest BCUT2D eigenvalue weighted by Crippen LogP contribution is -2.09. The number of ether oxygens (including phenoxy) is 1. The highest BCUT2D eigenvalue weighted by atomic mass is 35.5. The molecule has 0 fully saturated rings. The average Bonchev–Trinajstić information content (AvgIpc) is 2.53. The predicted octanol–water partition coefficient (Wildman–Crippen LogP) is 4.56. The smallest absolute Gasteiger partial charge is 0.271 e. The zero-order valence-corrected chi connectivity index (χ0v) is 14.0. The molecule has 0 radical (unpaired) electrons. The minimum Gasteiger partial charge on any atom is -0.495 e. The van der Waals surface area contributed by atoms with Crippen molar-refractivity contribution in [3.63, 3.8) is 0 Å². The van der Waals surface area contributed by atoms with E-state index in [1.54, 1.807) is 18.2 Å². The number of non-ortho nitro benzene ring substituents is 1. The molecule has 24 heavy (non-hydrogen) atoms. The zero-order chi connectivity index (χ0) is 17.7. The van der Waals surface area contributed by atoms with Gasteiger partial charge in [-0.2, -0.15) is 0 Å². The normalized spacial score (nSPS) is 10.6. The molecule has 2 rings (SSSR count). The molecule has 1 N–H and O–H groups in total. The van der Waals surface area contributed by atoms with Crippen molar-refractivity contribution in [2.75, 3.05) is 12.4 Å². The standard InChI is InChI=1S/C16H12Cl2N2O4/c1-24-15-6-5-12(20(22)23)9-14(15)19-16(21)7-3-10-2-4-11(17)8-13(10)18/h2-9H,1H3,(H,19,21). The number of methoxy groups -OCH3 is 1. The summed E-state index contributed by atoms with van der Waals surface area (Å²) >= 11 is 11.8. The fourth-order valence-electron chi connectivity index (χ4n) is 1.88. The van der Waals surface area contributed by atoms with Crippen LogP contribution in [0.1, 0.15) is 5.56 Å². The lowest BCUT2D eigenvalue weighted by molar-refractivity contribution is -0.384. The molecule has 0 unspecified atom stereocenters. The second kappa shape index (κ2) is 7.81. The minimum atomic E-state index is -0.557. The van der Waals surface area contributed by atoms with Crippen molar-refractivity contribution in [3.05, 3.63) is 68.2 Å². The van der Waals surface area contributed by atoms with E-state index in [1.165, 1.54) is 37.5 Å². The summed E-state index contributed by atoms with van der Waals surface area (Å²) in [6.45, 7) is 0. The van der Waals surface area contributed by atoms with E-state index in [1.807, 2.05) is 0 Å². The molecule has 0 aliphatic rings. The van der Waals surface area contributed by atoms with Gasteiger partial charge in [-0.05, 0) is 29.8 Å². The number of carbonyl (C=O) groups excluding carboxylic acids is 1. The summed E-state index contributed by atoms with van der Waals surface area (Å²) in [6.07, 6.45) is 2.77. The fraction of sp³-hybridized carbons (Fsp3) is 0.0625. The van der Waals surface area contributed by atoms with Gasteiger partial charge in [-0.25, -0.2) is 0 Å². The summed E-state index contributed by atoms with van der Waals surface area (Å²) in [4.78, 5) is 22.3. The van der Waals surface area contributed by atoms with E-state index in [4.69, 9.17) is 27.9 Å². The molecule has 0 bridgehead atoms. The van der Waals surface area contributed by atoms with Gasteiger partial charge in [0.15, 0.2) is 0 Å². The molecule has 0 saturated carbocycles. The monoisotopic (exact) mass is 366 g/mol. The Morgan fingerprint density at radius 3 is 2.62 bits per heavy atom. The van der Waals surface area contributed by atoms with Crippen molar-refractivity contribution in [1.29, 1.82) is 0 Å². The number of anilines is 1. The third-order valence-corrected chi connectivity index (χ3v) is 3.59. The van der Waals surface area contributed by atoms with Gasteiger partial charge >= 0.3 is 0 Å². The van der Waals surface area contributed by atoms with Gasteiger partial charge in [-0.15, -0.1) is 0 Å². The van der Waals surface area contributed by atoms with Crippen LogP contribution in [0.4, 0.5) is 11.4 Å². The minimum absolute atomic E-state index is 0.157. The number of hydrogen-bond donors (Lipinski definition) is 1. The molecule has 0 heterocycles. The third kappa shape index (κ3) is 4.47. The van der Waals surface area contributed by atoms with Crippen molar-refractivity contribution < 1.29 is 14.5 Å². The highest BCUT2D eigenvalue weighted by molar-refractivity contribution is 6.35. The van der Waals surface area contributed by atoms with Crippen molar-refractivity contribution in [3.8, 4) is 5.75 Å². The first-order chi connectivity index (χ1) is 11.4. The number of rotatable bonds is 5. The van der Waals surface area contributed by atoms with Gasteiger partial charge in [0, 0.05) is 28.3 Å². The van der Waals surface area contributed by atoms with Crippen molar-refractivity contribution in [2.24, 2.45) is 0 Å². The van der Waals surface area contributed by atoms with Crippen molar-refractivity contribution in [1.82, 2.24) is 0 Å². The Morgan fingerprint density at radius 2 is 2.00 bits per heavy atom. The molecule has 124 valence electrons. The Bertz CT molecular complexity index is 822. The average molecular weight is 367 g/mol. The van der Waals surface area contributed by atoms with Gasteiger partial charge in [0.05, 0.1) is 17.7 Å². The Balaban J connectivity index is 2.18. The fourth-order valence-corrected chi connectivity index (χ4v) is 2.36. The van der Waals surface area contributed by atoms with Gasteiger partial charge in [-0.1, -0.05) is 29.3 Å². The molecule has 0 aliphatic heterocycles. The zero-order valence-electron chi connectivity index (χ0n) is 12.5. The summed E-state index contributed by atoms with van der Waals surface area (Å²) in [5, 5.41) is 14.3. The summed E-state index contributed by atoms with van der Waals surface area (Å²) in [5.74, 6) is -0.174. The molecule has 0 aromatic heterocycles. The van der Waals surface area contributed by atoms with Crippen LogP contribution in [0.5, 0.6) is 5.75 Å². The predicted molar refractivity (Wildman–Crippen MR) is 93.8 cm³/mol. The van der Waals surface area contributed by atoms with E-state index < -0.39 is 10.8 Å². The summed E-state index contributed by atoms with van der Waals surface area (Å²) in [6, 6.07) is 8.80. The number of benzene rings is 2. The molecule has 0 aliphatic carbocycles. The SMILES string of the molecule is COc1ccc([N+](=O)[O-])cc1NC(=O)C=Cc1ccc(Cl)cc1Cl. The summed E-state index contributed by atoms with van der Waals surface area (Å²) in [7, 11) is 1.40. The van der Waals surface area contributed by atoms with E-state index in [-0.39, 0.29) is 11.4 Å². The molecule has 1 amide bonds. The maximum absolute atomic E-state index is 12.0. The molecule has 0 saturated heterocycles. The number of hydrogen-bond acceptors (Lipinski definition) is 4. The second-order valence-electron chi connectivity index (χ2n) is 4.63.